The monoisotopic (exact) mass is 260 g/mol. The minimum absolute atomic E-state index is 0.0204. The largest absolute Gasteiger partial charge is 0.476 e. The highest BCUT2D eigenvalue weighted by molar-refractivity contribution is 5.85. The van der Waals surface area contributed by atoms with Gasteiger partial charge >= 0.3 is 5.97 Å². The lowest BCUT2D eigenvalue weighted by Crippen LogP contribution is -2.06. The van der Waals surface area contributed by atoms with E-state index < -0.39 is 5.97 Å². The van der Waals surface area contributed by atoms with E-state index >= 15 is 0 Å². The standard InChI is InChI=1S/C14H16N2O3/c1-9-4-5-13(10(2)6-9)16-11(8-19-3)7-12(15-16)14(17)18/h4-7H,8H2,1-3H3,(H,17,18). The zero-order valence-corrected chi connectivity index (χ0v) is 11.2. The van der Waals surface area contributed by atoms with Crippen LogP contribution in [0, 0.1) is 13.8 Å². The first-order chi connectivity index (χ1) is 9.02. The Labute approximate surface area is 111 Å². The molecule has 0 unspecified atom stereocenters. The van der Waals surface area contributed by atoms with E-state index in [1.807, 2.05) is 32.0 Å². The molecule has 0 saturated carbocycles. The molecule has 0 amide bonds. The molecule has 0 aliphatic rings. The Bertz CT molecular complexity index is 617. The van der Waals surface area contributed by atoms with Crippen LogP contribution in [0.5, 0.6) is 0 Å². The second kappa shape index (κ2) is 5.24. The van der Waals surface area contributed by atoms with Crippen LogP contribution >= 0.6 is 0 Å². The second-order valence-electron chi connectivity index (χ2n) is 4.46. The van der Waals surface area contributed by atoms with Crippen molar-refractivity contribution in [1.82, 2.24) is 9.78 Å². The molecule has 5 heteroatoms. The molecule has 0 fully saturated rings. The molecule has 5 nitrogen and oxygen atoms in total. The molecule has 2 aromatic rings. The number of carboxylic acid groups (broad SMARTS) is 1. The van der Waals surface area contributed by atoms with Crippen LogP contribution in [0.3, 0.4) is 0 Å². The van der Waals surface area contributed by atoms with Gasteiger partial charge in [0.05, 0.1) is 18.0 Å². The zero-order chi connectivity index (χ0) is 14.0. The molecule has 1 aromatic heterocycles. The Morgan fingerprint density at radius 1 is 1.37 bits per heavy atom. The van der Waals surface area contributed by atoms with Crippen molar-refractivity contribution in [2.75, 3.05) is 7.11 Å². The van der Waals surface area contributed by atoms with E-state index in [0.29, 0.717) is 12.3 Å². The lowest BCUT2D eigenvalue weighted by molar-refractivity contribution is 0.0690. The number of methoxy groups -OCH3 is 1. The fourth-order valence-corrected chi connectivity index (χ4v) is 2.03. The molecule has 0 bridgehead atoms. The lowest BCUT2D eigenvalue weighted by atomic mass is 10.1. The smallest absolute Gasteiger partial charge is 0.356 e. The van der Waals surface area contributed by atoms with Crippen LogP contribution in [0.25, 0.3) is 5.69 Å². The summed E-state index contributed by atoms with van der Waals surface area (Å²) in [6, 6.07) is 7.47. The van der Waals surface area contributed by atoms with Crippen LogP contribution in [0.1, 0.15) is 27.3 Å². The molecule has 1 aromatic carbocycles. The Morgan fingerprint density at radius 2 is 2.11 bits per heavy atom. The van der Waals surface area contributed by atoms with Gasteiger partial charge in [0.15, 0.2) is 5.69 Å². The predicted molar refractivity (Wildman–Crippen MR) is 70.7 cm³/mol. The number of ether oxygens (including phenoxy) is 1. The molecule has 2 rings (SSSR count). The molecule has 0 radical (unpaired) electrons. The minimum atomic E-state index is -1.04. The number of benzene rings is 1. The first-order valence-electron chi connectivity index (χ1n) is 5.91. The maximum absolute atomic E-state index is 11.0. The number of rotatable bonds is 4. The van der Waals surface area contributed by atoms with Crippen molar-refractivity contribution in [1.29, 1.82) is 0 Å². The minimum Gasteiger partial charge on any atom is -0.476 e. The van der Waals surface area contributed by atoms with E-state index in [2.05, 4.69) is 5.10 Å². The molecule has 0 saturated heterocycles. The number of aromatic carboxylic acids is 1. The van der Waals surface area contributed by atoms with Gasteiger partial charge in [-0.05, 0) is 31.5 Å². The summed E-state index contributed by atoms with van der Waals surface area (Å²) in [6.07, 6.45) is 0. The highest BCUT2D eigenvalue weighted by atomic mass is 16.5. The summed E-state index contributed by atoms with van der Waals surface area (Å²) in [5.74, 6) is -1.04. The van der Waals surface area contributed by atoms with E-state index in [4.69, 9.17) is 9.84 Å². The molecule has 1 heterocycles. The number of aryl methyl sites for hydroxylation is 2. The second-order valence-corrected chi connectivity index (χ2v) is 4.46. The average molecular weight is 260 g/mol. The van der Waals surface area contributed by atoms with Crippen LogP contribution in [0.2, 0.25) is 0 Å². The molecule has 0 atom stereocenters. The van der Waals surface area contributed by atoms with Crippen molar-refractivity contribution in [3.63, 3.8) is 0 Å². The van der Waals surface area contributed by atoms with Gasteiger partial charge in [-0.2, -0.15) is 5.10 Å². The molecular weight excluding hydrogens is 244 g/mol. The summed E-state index contributed by atoms with van der Waals surface area (Å²) in [4.78, 5) is 11.0. The normalized spacial score (nSPS) is 10.7. The Balaban J connectivity index is 2.56. The van der Waals surface area contributed by atoms with Gasteiger partial charge in [0.25, 0.3) is 0 Å². The highest BCUT2D eigenvalue weighted by Gasteiger charge is 2.15. The maximum Gasteiger partial charge on any atom is 0.356 e. The molecule has 100 valence electrons. The Kier molecular flexibility index (Phi) is 3.66. The quantitative estimate of drug-likeness (QED) is 0.916. The maximum atomic E-state index is 11.0. The van der Waals surface area contributed by atoms with Crippen LogP contribution in [0.15, 0.2) is 24.3 Å². The zero-order valence-electron chi connectivity index (χ0n) is 11.2. The summed E-state index contributed by atoms with van der Waals surface area (Å²) in [6.45, 7) is 4.30. The van der Waals surface area contributed by atoms with Crippen molar-refractivity contribution in [3.8, 4) is 5.69 Å². The van der Waals surface area contributed by atoms with Crippen LogP contribution < -0.4 is 0 Å². The Morgan fingerprint density at radius 3 is 2.68 bits per heavy atom. The predicted octanol–water partition coefficient (Wildman–Crippen LogP) is 2.33. The van der Waals surface area contributed by atoms with Crippen LogP contribution in [0.4, 0.5) is 0 Å². The van der Waals surface area contributed by atoms with Gasteiger partial charge in [-0.25, -0.2) is 9.48 Å². The molecule has 1 N–H and O–H groups in total. The first kappa shape index (κ1) is 13.3. The van der Waals surface area contributed by atoms with E-state index in [0.717, 1.165) is 16.8 Å². The van der Waals surface area contributed by atoms with Crippen molar-refractivity contribution in [2.45, 2.75) is 20.5 Å². The topological polar surface area (TPSA) is 64.3 Å². The van der Waals surface area contributed by atoms with Gasteiger partial charge in [0.2, 0.25) is 0 Å². The molecule has 0 aliphatic carbocycles. The third kappa shape index (κ3) is 2.66. The third-order valence-electron chi connectivity index (χ3n) is 2.87. The van der Waals surface area contributed by atoms with Crippen molar-refractivity contribution in [3.05, 3.63) is 46.8 Å². The summed E-state index contributed by atoms with van der Waals surface area (Å²) < 4.78 is 6.72. The van der Waals surface area contributed by atoms with Gasteiger partial charge in [0.1, 0.15) is 0 Å². The SMILES string of the molecule is COCc1cc(C(=O)O)nn1-c1ccc(C)cc1C. The number of hydrogen-bond donors (Lipinski definition) is 1. The van der Waals surface area contributed by atoms with Crippen LogP contribution in [-0.4, -0.2) is 28.0 Å². The number of carboxylic acids is 1. The first-order valence-corrected chi connectivity index (χ1v) is 5.91. The molecule has 0 spiro atoms. The van der Waals surface area contributed by atoms with Crippen molar-refractivity contribution >= 4 is 5.97 Å². The summed E-state index contributed by atoms with van der Waals surface area (Å²) in [7, 11) is 1.57. The van der Waals surface area contributed by atoms with Crippen LogP contribution in [-0.2, 0) is 11.3 Å². The summed E-state index contributed by atoms with van der Waals surface area (Å²) in [5.41, 5.74) is 3.79. The lowest BCUT2D eigenvalue weighted by Gasteiger charge is -2.10. The van der Waals surface area contributed by atoms with E-state index in [1.165, 1.54) is 6.07 Å². The van der Waals surface area contributed by atoms with Gasteiger partial charge < -0.3 is 9.84 Å². The third-order valence-corrected chi connectivity index (χ3v) is 2.87. The van der Waals surface area contributed by atoms with Gasteiger partial charge in [-0.15, -0.1) is 0 Å². The van der Waals surface area contributed by atoms with Crippen molar-refractivity contribution in [2.24, 2.45) is 0 Å². The van der Waals surface area contributed by atoms with Gasteiger partial charge in [-0.1, -0.05) is 17.7 Å². The van der Waals surface area contributed by atoms with E-state index in [-0.39, 0.29) is 5.69 Å². The fraction of sp³-hybridized carbons (Fsp3) is 0.286. The van der Waals surface area contributed by atoms with E-state index in [9.17, 15) is 4.79 Å². The summed E-state index contributed by atoms with van der Waals surface area (Å²) >= 11 is 0. The number of aromatic nitrogens is 2. The van der Waals surface area contributed by atoms with Gasteiger partial charge in [-0.3, -0.25) is 0 Å². The molecule has 19 heavy (non-hydrogen) atoms. The molecule has 0 aliphatic heterocycles. The number of nitrogens with zero attached hydrogens (tertiary/aromatic N) is 2. The average Bonchev–Trinajstić information content (AvgIpc) is 2.74. The molecular formula is C14H16N2O3. The summed E-state index contributed by atoms with van der Waals surface area (Å²) in [5, 5.41) is 13.2. The number of hydrogen-bond acceptors (Lipinski definition) is 3. The number of carbonyl (C=O) groups is 1. The van der Waals surface area contributed by atoms with E-state index in [1.54, 1.807) is 11.8 Å². The van der Waals surface area contributed by atoms with Crippen molar-refractivity contribution < 1.29 is 14.6 Å². The fourth-order valence-electron chi connectivity index (χ4n) is 2.03. The highest BCUT2D eigenvalue weighted by Crippen LogP contribution is 2.19. The van der Waals surface area contributed by atoms with Gasteiger partial charge in [0, 0.05) is 7.11 Å². The Hall–Kier alpha value is -2.14.